The van der Waals surface area contributed by atoms with E-state index in [1.54, 1.807) is 19.9 Å². The van der Waals surface area contributed by atoms with Crippen molar-refractivity contribution >= 4 is 22.4 Å². The van der Waals surface area contributed by atoms with Crippen molar-refractivity contribution in [2.24, 2.45) is 5.73 Å². The lowest BCUT2D eigenvalue weighted by molar-refractivity contribution is -0.113. The summed E-state index contributed by atoms with van der Waals surface area (Å²) in [6.07, 6.45) is 0. The molecule has 0 aliphatic rings. The maximum atomic E-state index is 13.2. The van der Waals surface area contributed by atoms with Crippen LogP contribution in [0.4, 0.5) is 10.1 Å². The van der Waals surface area contributed by atoms with Gasteiger partial charge < -0.3 is 11.1 Å². The van der Waals surface area contributed by atoms with Gasteiger partial charge in [0.15, 0.2) is 0 Å². The average molecular weight is 272 g/mol. The lowest BCUT2D eigenvalue weighted by Crippen LogP contribution is -2.39. The Morgan fingerprint density at radius 2 is 2.06 bits per heavy atom. The van der Waals surface area contributed by atoms with Crippen molar-refractivity contribution in [1.29, 1.82) is 0 Å². The summed E-state index contributed by atoms with van der Waals surface area (Å²) in [5, 5.41) is 2.38. The zero-order valence-corrected chi connectivity index (χ0v) is 11.2. The molecule has 0 bridgehead atoms. The van der Waals surface area contributed by atoms with E-state index in [0.717, 1.165) is 0 Å². The molecule has 0 fully saturated rings. The zero-order valence-electron chi connectivity index (χ0n) is 10.4. The fourth-order valence-electron chi connectivity index (χ4n) is 1.36. The molecule has 0 saturated carbocycles. The molecule has 1 unspecified atom stereocenters. The van der Waals surface area contributed by atoms with Crippen LogP contribution in [0.15, 0.2) is 24.3 Å². The first kappa shape index (κ1) is 14.8. The fourth-order valence-corrected chi connectivity index (χ4v) is 2.66. The van der Waals surface area contributed by atoms with Gasteiger partial charge in [0.25, 0.3) is 0 Å². The number of para-hydroxylation sites is 1. The predicted octanol–water partition coefficient (Wildman–Crippen LogP) is 1.25. The van der Waals surface area contributed by atoms with E-state index in [-0.39, 0.29) is 17.2 Å². The number of hydrogen-bond donors (Lipinski definition) is 2. The van der Waals surface area contributed by atoms with E-state index in [2.05, 4.69) is 5.32 Å². The van der Waals surface area contributed by atoms with Crippen molar-refractivity contribution in [2.45, 2.75) is 19.4 Å². The number of nitrogens with two attached hydrogens (primary N) is 1. The molecule has 1 amide bonds. The third-order valence-electron chi connectivity index (χ3n) is 1.97. The minimum absolute atomic E-state index is 0.0894. The number of nitrogens with one attached hydrogen (secondary N) is 1. The van der Waals surface area contributed by atoms with Crippen molar-refractivity contribution in [3.05, 3.63) is 30.1 Å². The monoisotopic (exact) mass is 272 g/mol. The summed E-state index contributed by atoms with van der Waals surface area (Å²) < 4.78 is 24.9. The van der Waals surface area contributed by atoms with Gasteiger partial charge in [0.2, 0.25) is 5.91 Å². The number of amides is 1. The van der Waals surface area contributed by atoms with E-state index in [1.807, 2.05) is 0 Å². The summed E-state index contributed by atoms with van der Waals surface area (Å²) in [6, 6.07) is 5.83. The summed E-state index contributed by atoms with van der Waals surface area (Å²) >= 11 is 0. The minimum Gasteiger partial charge on any atom is -0.325 e. The molecule has 0 radical (unpaired) electrons. The zero-order chi connectivity index (χ0) is 13.8. The molecule has 0 heterocycles. The number of carbonyl (C=O) groups excluding carboxylic acids is 1. The highest BCUT2D eigenvalue weighted by Crippen LogP contribution is 2.12. The molecule has 0 aliphatic heterocycles. The van der Waals surface area contributed by atoms with E-state index in [4.69, 9.17) is 5.73 Å². The maximum absolute atomic E-state index is 13.2. The lowest BCUT2D eigenvalue weighted by atomic mass is 10.1. The van der Waals surface area contributed by atoms with Crippen LogP contribution < -0.4 is 11.1 Å². The second-order valence-corrected chi connectivity index (χ2v) is 6.20. The number of benzene rings is 1. The molecule has 3 N–H and O–H groups in total. The molecule has 1 aromatic carbocycles. The summed E-state index contributed by atoms with van der Waals surface area (Å²) in [5.74, 6) is -0.967. The molecule has 1 aromatic rings. The molecule has 0 saturated heterocycles. The number of rotatable bonds is 5. The number of anilines is 1. The van der Waals surface area contributed by atoms with Gasteiger partial charge in [-0.05, 0) is 26.0 Å². The molecule has 6 heteroatoms. The maximum Gasteiger partial charge on any atom is 0.237 e. The van der Waals surface area contributed by atoms with Gasteiger partial charge in [0.05, 0.1) is 5.69 Å². The highest BCUT2D eigenvalue weighted by atomic mass is 32.2. The van der Waals surface area contributed by atoms with E-state index < -0.39 is 28.1 Å². The van der Waals surface area contributed by atoms with E-state index in [0.29, 0.717) is 0 Å². The first-order valence-corrected chi connectivity index (χ1v) is 6.95. The molecular formula is C12H17FN2O2S. The van der Waals surface area contributed by atoms with E-state index in [9.17, 15) is 13.4 Å². The van der Waals surface area contributed by atoms with Crippen molar-refractivity contribution in [1.82, 2.24) is 0 Å². The van der Waals surface area contributed by atoms with Gasteiger partial charge in [-0.2, -0.15) is 0 Å². The van der Waals surface area contributed by atoms with Crippen molar-refractivity contribution < 1.29 is 13.4 Å². The summed E-state index contributed by atoms with van der Waals surface area (Å²) in [5.41, 5.74) is 5.20. The predicted molar refractivity (Wildman–Crippen MR) is 71.2 cm³/mol. The second kappa shape index (κ2) is 6.06. The van der Waals surface area contributed by atoms with Crippen LogP contribution >= 0.6 is 0 Å². The quantitative estimate of drug-likeness (QED) is 0.847. The molecule has 1 rings (SSSR count). The normalized spacial score (nSPS) is 13.1. The number of hydrogen-bond acceptors (Lipinski definition) is 3. The minimum atomic E-state index is -1.36. The van der Waals surface area contributed by atoms with Crippen molar-refractivity contribution in [2.75, 3.05) is 16.8 Å². The van der Waals surface area contributed by atoms with Crippen LogP contribution in [0, 0.1) is 5.82 Å². The topological polar surface area (TPSA) is 72.2 Å². The number of carbonyl (C=O) groups is 1. The number of halogens is 1. The van der Waals surface area contributed by atoms with Crippen LogP contribution in [0.3, 0.4) is 0 Å². The third-order valence-corrected chi connectivity index (χ3v) is 3.62. The first-order valence-electron chi connectivity index (χ1n) is 5.46. The van der Waals surface area contributed by atoms with Crippen molar-refractivity contribution in [3.63, 3.8) is 0 Å². The smallest absolute Gasteiger partial charge is 0.237 e. The van der Waals surface area contributed by atoms with Gasteiger partial charge in [-0.3, -0.25) is 9.00 Å². The van der Waals surface area contributed by atoms with Gasteiger partial charge in [-0.1, -0.05) is 12.1 Å². The van der Waals surface area contributed by atoms with Crippen LogP contribution in [0.5, 0.6) is 0 Å². The Labute approximate surface area is 108 Å². The van der Waals surface area contributed by atoms with Gasteiger partial charge in [-0.25, -0.2) is 4.39 Å². The summed E-state index contributed by atoms with van der Waals surface area (Å²) in [4.78, 5) is 11.5. The third kappa shape index (κ3) is 5.37. The lowest BCUT2D eigenvalue weighted by Gasteiger charge is -2.17. The first-order chi connectivity index (χ1) is 8.28. The Bertz CT molecular complexity index is 458. The van der Waals surface area contributed by atoms with E-state index in [1.165, 1.54) is 18.2 Å². The van der Waals surface area contributed by atoms with Gasteiger partial charge >= 0.3 is 0 Å². The van der Waals surface area contributed by atoms with E-state index >= 15 is 0 Å². The van der Waals surface area contributed by atoms with Crippen LogP contribution in [-0.4, -0.2) is 27.2 Å². The Hall–Kier alpha value is -1.27. The highest BCUT2D eigenvalue weighted by Gasteiger charge is 2.18. The van der Waals surface area contributed by atoms with Crippen molar-refractivity contribution in [3.8, 4) is 0 Å². The standard InChI is InChI=1S/C12H17FN2O2S/c1-12(2,14)8-18(17)7-11(16)15-10-6-4-3-5-9(10)13/h3-6H,7-8,14H2,1-2H3,(H,15,16). The molecule has 100 valence electrons. The molecule has 18 heavy (non-hydrogen) atoms. The fraction of sp³-hybridized carbons (Fsp3) is 0.417. The molecule has 4 nitrogen and oxygen atoms in total. The largest absolute Gasteiger partial charge is 0.325 e. The summed E-state index contributed by atoms with van der Waals surface area (Å²) in [7, 11) is -1.36. The Kier molecular flexibility index (Phi) is 4.98. The Morgan fingerprint density at radius 3 is 2.61 bits per heavy atom. The van der Waals surface area contributed by atoms with Crippen LogP contribution in [0.2, 0.25) is 0 Å². The van der Waals surface area contributed by atoms with Crippen LogP contribution in [0.1, 0.15) is 13.8 Å². The molecule has 0 spiro atoms. The molecule has 1 atom stereocenters. The van der Waals surface area contributed by atoms with Gasteiger partial charge in [0.1, 0.15) is 11.6 Å². The Balaban J connectivity index is 2.53. The highest BCUT2D eigenvalue weighted by molar-refractivity contribution is 7.85. The van der Waals surface area contributed by atoms with Crippen LogP contribution in [-0.2, 0) is 15.6 Å². The molecular weight excluding hydrogens is 255 g/mol. The SMILES string of the molecule is CC(C)(N)CS(=O)CC(=O)Nc1ccccc1F. The summed E-state index contributed by atoms with van der Waals surface area (Å²) in [6.45, 7) is 3.47. The molecule has 0 aliphatic carbocycles. The van der Waals surface area contributed by atoms with Gasteiger partial charge in [0, 0.05) is 22.1 Å². The average Bonchev–Trinajstić information content (AvgIpc) is 2.18. The molecule has 0 aromatic heterocycles. The second-order valence-electron chi connectivity index (χ2n) is 4.75. The Morgan fingerprint density at radius 1 is 1.44 bits per heavy atom. The van der Waals surface area contributed by atoms with Gasteiger partial charge in [-0.15, -0.1) is 0 Å². The van der Waals surface area contributed by atoms with Crippen LogP contribution in [0.25, 0.3) is 0 Å².